The smallest absolute Gasteiger partial charge is 0.0108 e. The highest BCUT2D eigenvalue weighted by molar-refractivity contribution is 5.30. The van der Waals surface area contributed by atoms with Crippen molar-refractivity contribution in [3.8, 4) is 0 Å². The molecule has 0 radical (unpaired) electrons. The summed E-state index contributed by atoms with van der Waals surface area (Å²) in [4.78, 5) is 0. The van der Waals surface area contributed by atoms with Crippen molar-refractivity contribution in [1.29, 1.82) is 0 Å². The molecule has 2 unspecified atom stereocenters. The van der Waals surface area contributed by atoms with E-state index in [0.29, 0.717) is 12.0 Å². The van der Waals surface area contributed by atoms with Gasteiger partial charge in [-0.2, -0.15) is 0 Å². The SMILES string of the molecule is CC(C)(C)c1ccc(C2CCCCC2N)cc1. The van der Waals surface area contributed by atoms with Gasteiger partial charge in [0.2, 0.25) is 0 Å². The first-order valence-electron chi connectivity index (χ1n) is 6.84. The van der Waals surface area contributed by atoms with Crippen LogP contribution in [0.5, 0.6) is 0 Å². The van der Waals surface area contributed by atoms with Crippen LogP contribution in [0.4, 0.5) is 0 Å². The molecule has 1 nitrogen and oxygen atoms in total. The molecule has 1 heteroatoms. The van der Waals surface area contributed by atoms with Gasteiger partial charge in [-0.3, -0.25) is 0 Å². The number of benzene rings is 1. The molecule has 1 aromatic carbocycles. The van der Waals surface area contributed by atoms with Crippen molar-refractivity contribution in [1.82, 2.24) is 0 Å². The van der Waals surface area contributed by atoms with Crippen LogP contribution >= 0.6 is 0 Å². The molecule has 0 aliphatic heterocycles. The van der Waals surface area contributed by atoms with Gasteiger partial charge in [-0.05, 0) is 35.3 Å². The summed E-state index contributed by atoms with van der Waals surface area (Å²) in [7, 11) is 0. The Bertz CT molecular complexity index is 358. The lowest BCUT2D eigenvalue weighted by molar-refractivity contribution is 0.385. The average Bonchev–Trinajstić information content (AvgIpc) is 2.29. The standard InChI is InChI=1S/C16H25N/c1-16(2,3)13-10-8-12(9-11-13)14-6-4-5-7-15(14)17/h8-11,14-15H,4-7,17H2,1-3H3. The van der Waals surface area contributed by atoms with Crippen LogP contribution in [-0.4, -0.2) is 6.04 Å². The zero-order valence-electron chi connectivity index (χ0n) is 11.4. The fourth-order valence-corrected chi connectivity index (χ4v) is 2.80. The van der Waals surface area contributed by atoms with Gasteiger partial charge >= 0.3 is 0 Å². The van der Waals surface area contributed by atoms with E-state index in [1.165, 1.54) is 36.8 Å². The molecule has 1 fully saturated rings. The summed E-state index contributed by atoms with van der Waals surface area (Å²) in [5.41, 5.74) is 9.32. The Labute approximate surface area is 105 Å². The zero-order valence-corrected chi connectivity index (χ0v) is 11.4. The molecule has 0 aromatic heterocycles. The minimum Gasteiger partial charge on any atom is -0.327 e. The average molecular weight is 231 g/mol. The molecular formula is C16H25N. The van der Waals surface area contributed by atoms with Gasteiger partial charge in [-0.1, -0.05) is 57.9 Å². The second-order valence-corrected chi connectivity index (χ2v) is 6.43. The quantitative estimate of drug-likeness (QED) is 0.777. The van der Waals surface area contributed by atoms with E-state index in [-0.39, 0.29) is 5.41 Å². The molecule has 1 aliphatic carbocycles. The number of nitrogens with two attached hydrogens (primary N) is 1. The molecule has 0 amide bonds. The minimum absolute atomic E-state index is 0.243. The Kier molecular flexibility index (Phi) is 3.58. The van der Waals surface area contributed by atoms with Gasteiger partial charge in [0, 0.05) is 6.04 Å². The van der Waals surface area contributed by atoms with Crippen LogP contribution in [0.3, 0.4) is 0 Å². The van der Waals surface area contributed by atoms with Gasteiger partial charge in [0.15, 0.2) is 0 Å². The Morgan fingerprint density at radius 1 is 1.00 bits per heavy atom. The molecule has 0 spiro atoms. The van der Waals surface area contributed by atoms with Crippen molar-refractivity contribution in [2.24, 2.45) is 5.73 Å². The van der Waals surface area contributed by atoms with Crippen LogP contribution in [0.1, 0.15) is 63.5 Å². The number of hydrogen-bond acceptors (Lipinski definition) is 1. The van der Waals surface area contributed by atoms with Gasteiger partial charge in [0.25, 0.3) is 0 Å². The van der Waals surface area contributed by atoms with Crippen molar-refractivity contribution in [2.45, 2.75) is 63.8 Å². The number of hydrogen-bond donors (Lipinski definition) is 1. The maximum atomic E-state index is 6.23. The lowest BCUT2D eigenvalue weighted by Gasteiger charge is -2.29. The van der Waals surface area contributed by atoms with Gasteiger partial charge < -0.3 is 5.73 Å². The maximum absolute atomic E-state index is 6.23. The summed E-state index contributed by atoms with van der Waals surface area (Å²) in [6.07, 6.45) is 5.08. The molecule has 0 bridgehead atoms. The molecule has 1 aliphatic rings. The molecule has 94 valence electrons. The molecular weight excluding hydrogens is 206 g/mol. The van der Waals surface area contributed by atoms with Crippen molar-refractivity contribution in [3.05, 3.63) is 35.4 Å². The number of rotatable bonds is 1. The molecule has 17 heavy (non-hydrogen) atoms. The van der Waals surface area contributed by atoms with E-state index in [9.17, 15) is 0 Å². The van der Waals surface area contributed by atoms with E-state index < -0.39 is 0 Å². The summed E-state index contributed by atoms with van der Waals surface area (Å²) >= 11 is 0. The van der Waals surface area contributed by atoms with Crippen LogP contribution in [-0.2, 0) is 5.41 Å². The van der Waals surface area contributed by atoms with Crippen molar-refractivity contribution in [3.63, 3.8) is 0 Å². The normalized spacial score (nSPS) is 25.9. The van der Waals surface area contributed by atoms with E-state index in [1.807, 2.05) is 0 Å². The van der Waals surface area contributed by atoms with E-state index in [0.717, 1.165) is 0 Å². The summed E-state index contributed by atoms with van der Waals surface area (Å²) < 4.78 is 0. The van der Waals surface area contributed by atoms with Gasteiger partial charge in [0.1, 0.15) is 0 Å². The van der Waals surface area contributed by atoms with Crippen LogP contribution in [0.25, 0.3) is 0 Å². The predicted molar refractivity (Wildman–Crippen MR) is 74.3 cm³/mol. The Hall–Kier alpha value is -0.820. The van der Waals surface area contributed by atoms with Crippen LogP contribution in [0.2, 0.25) is 0 Å². The van der Waals surface area contributed by atoms with Gasteiger partial charge in [-0.25, -0.2) is 0 Å². The highest BCUT2D eigenvalue weighted by Gasteiger charge is 2.23. The lowest BCUT2D eigenvalue weighted by Crippen LogP contribution is -2.31. The van der Waals surface area contributed by atoms with Crippen molar-refractivity contribution < 1.29 is 0 Å². The van der Waals surface area contributed by atoms with Crippen LogP contribution in [0.15, 0.2) is 24.3 Å². The first-order chi connectivity index (χ1) is 7.98. The fourth-order valence-electron chi connectivity index (χ4n) is 2.80. The molecule has 1 saturated carbocycles. The predicted octanol–water partition coefficient (Wildman–Crippen LogP) is 3.97. The minimum atomic E-state index is 0.243. The van der Waals surface area contributed by atoms with Crippen LogP contribution in [0, 0.1) is 0 Å². The third-order valence-electron chi connectivity index (χ3n) is 4.02. The zero-order chi connectivity index (χ0) is 12.5. The molecule has 2 atom stereocenters. The Morgan fingerprint density at radius 3 is 2.12 bits per heavy atom. The Balaban J connectivity index is 2.17. The maximum Gasteiger partial charge on any atom is 0.0108 e. The summed E-state index contributed by atoms with van der Waals surface area (Å²) in [6.45, 7) is 6.77. The van der Waals surface area contributed by atoms with Crippen LogP contribution < -0.4 is 5.73 Å². The third kappa shape index (κ3) is 2.90. The van der Waals surface area contributed by atoms with E-state index in [1.54, 1.807) is 0 Å². The summed E-state index contributed by atoms with van der Waals surface area (Å²) in [6, 6.07) is 9.49. The topological polar surface area (TPSA) is 26.0 Å². The van der Waals surface area contributed by atoms with Crippen molar-refractivity contribution in [2.75, 3.05) is 0 Å². The fraction of sp³-hybridized carbons (Fsp3) is 0.625. The second kappa shape index (κ2) is 4.81. The lowest BCUT2D eigenvalue weighted by atomic mass is 9.79. The second-order valence-electron chi connectivity index (χ2n) is 6.43. The first kappa shape index (κ1) is 12.6. The molecule has 2 N–H and O–H groups in total. The van der Waals surface area contributed by atoms with Gasteiger partial charge in [-0.15, -0.1) is 0 Å². The van der Waals surface area contributed by atoms with E-state index in [2.05, 4.69) is 45.0 Å². The molecule has 0 saturated heterocycles. The third-order valence-corrected chi connectivity index (χ3v) is 4.02. The molecule has 1 aromatic rings. The van der Waals surface area contributed by atoms with E-state index in [4.69, 9.17) is 5.73 Å². The highest BCUT2D eigenvalue weighted by atomic mass is 14.7. The Morgan fingerprint density at radius 2 is 1.59 bits per heavy atom. The van der Waals surface area contributed by atoms with Crippen molar-refractivity contribution >= 4 is 0 Å². The molecule has 0 heterocycles. The summed E-state index contributed by atoms with van der Waals surface area (Å²) in [5, 5.41) is 0. The van der Waals surface area contributed by atoms with Gasteiger partial charge in [0.05, 0.1) is 0 Å². The monoisotopic (exact) mass is 231 g/mol. The van der Waals surface area contributed by atoms with E-state index >= 15 is 0 Å². The first-order valence-corrected chi connectivity index (χ1v) is 6.84. The largest absolute Gasteiger partial charge is 0.327 e. The summed E-state index contributed by atoms with van der Waals surface area (Å²) in [5.74, 6) is 0.581. The molecule has 2 rings (SSSR count). The highest BCUT2D eigenvalue weighted by Crippen LogP contribution is 2.33.